The Morgan fingerprint density at radius 2 is 2.08 bits per heavy atom. The largest absolute Gasteiger partial charge is 0.420 e. The second kappa shape index (κ2) is 2.69. The highest BCUT2D eigenvalue weighted by Crippen LogP contribution is 2.16. The lowest BCUT2D eigenvalue weighted by molar-refractivity contribution is 0.529. The van der Waals surface area contributed by atoms with Crippen molar-refractivity contribution in [1.82, 2.24) is 20.0 Å². The van der Waals surface area contributed by atoms with Crippen LogP contribution in [0.15, 0.2) is 10.5 Å². The topological polar surface area (TPSA) is 56.7 Å². The number of aryl methyl sites for hydroxylation is 3. The van der Waals surface area contributed by atoms with Gasteiger partial charge in [0.25, 0.3) is 5.89 Å². The normalized spacial score (nSPS) is 10.7. The van der Waals surface area contributed by atoms with E-state index in [1.165, 1.54) is 0 Å². The summed E-state index contributed by atoms with van der Waals surface area (Å²) in [5.41, 5.74) is 1.78. The van der Waals surface area contributed by atoms with E-state index in [2.05, 4.69) is 15.3 Å². The van der Waals surface area contributed by atoms with Crippen LogP contribution < -0.4 is 0 Å². The molecule has 68 valence electrons. The highest BCUT2D eigenvalue weighted by molar-refractivity contribution is 5.46. The molecule has 0 spiro atoms. The van der Waals surface area contributed by atoms with E-state index in [1.54, 1.807) is 11.6 Å². The van der Waals surface area contributed by atoms with Gasteiger partial charge >= 0.3 is 0 Å². The molecule has 0 radical (unpaired) electrons. The van der Waals surface area contributed by atoms with Gasteiger partial charge in [-0.15, -0.1) is 10.2 Å². The zero-order valence-corrected chi connectivity index (χ0v) is 7.77. The maximum atomic E-state index is 5.24. The molecule has 0 unspecified atom stereocenters. The van der Waals surface area contributed by atoms with Gasteiger partial charge in [-0.25, -0.2) is 0 Å². The first-order valence-electron chi connectivity index (χ1n) is 3.98. The smallest absolute Gasteiger partial charge is 0.268 e. The molecule has 0 fully saturated rings. The van der Waals surface area contributed by atoms with Crippen LogP contribution in [0.25, 0.3) is 11.6 Å². The van der Waals surface area contributed by atoms with E-state index < -0.39 is 0 Å². The Balaban J connectivity index is 2.46. The van der Waals surface area contributed by atoms with Gasteiger partial charge in [0.05, 0.1) is 0 Å². The van der Waals surface area contributed by atoms with Crippen LogP contribution in [0.3, 0.4) is 0 Å². The third-order valence-electron chi connectivity index (χ3n) is 1.86. The molecule has 2 aromatic heterocycles. The molecule has 0 aliphatic carbocycles. The lowest BCUT2D eigenvalue weighted by Gasteiger charge is -1.88. The van der Waals surface area contributed by atoms with Crippen LogP contribution in [-0.4, -0.2) is 20.0 Å². The Hall–Kier alpha value is -1.65. The van der Waals surface area contributed by atoms with Crippen LogP contribution in [0.2, 0.25) is 0 Å². The first kappa shape index (κ1) is 7.97. The SMILES string of the molecule is Cc1nnc(-c2cc(C)n(C)n2)o1. The molecule has 0 aliphatic rings. The van der Waals surface area contributed by atoms with E-state index >= 15 is 0 Å². The van der Waals surface area contributed by atoms with Gasteiger partial charge in [-0.1, -0.05) is 0 Å². The monoisotopic (exact) mass is 178 g/mol. The summed E-state index contributed by atoms with van der Waals surface area (Å²) < 4.78 is 7.01. The van der Waals surface area contributed by atoms with Crippen molar-refractivity contribution in [1.29, 1.82) is 0 Å². The predicted molar refractivity (Wildman–Crippen MR) is 46.0 cm³/mol. The van der Waals surface area contributed by atoms with Crippen LogP contribution in [-0.2, 0) is 7.05 Å². The van der Waals surface area contributed by atoms with Gasteiger partial charge in [-0.2, -0.15) is 5.10 Å². The Kier molecular flexibility index (Phi) is 1.65. The molecule has 5 nitrogen and oxygen atoms in total. The first-order valence-corrected chi connectivity index (χ1v) is 3.98. The fourth-order valence-electron chi connectivity index (χ4n) is 1.07. The summed E-state index contributed by atoms with van der Waals surface area (Å²) in [5.74, 6) is 1.03. The maximum Gasteiger partial charge on any atom is 0.268 e. The van der Waals surface area contributed by atoms with Gasteiger partial charge < -0.3 is 4.42 Å². The van der Waals surface area contributed by atoms with Crippen LogP contribution in [0.1, 0.15) is 11.6 Å². The van der Waals surface area contributed by atoms with Crippen molar-refractivity contribution in [3.8, 4) is 11.6 Å². The average Bonchev–Trinajstić information content (AvgIpc) is 2.61. The third kappa shape index (κ3) is 1.32. The number of aromatic nitrogens is 4. The molecule has 5 heteroatoms. The van der Waals surface area contributed by atoms with Crippen molar-refractivity contribution in [2.45, 2.75) is 13.8 Å². The maximum absolute atomic E-state index is 5.24. The molecule has 0 saturated carbocycles. The average molecular weight is 178 g/mol. The minimum absolute atomic E-state index is 0.473. The van der Waals surface area contributed by atoms with Crippen LogP contribution in [0.5, 0.6) is 0 Å². The highest BCUT2D eigenvalue weighted by atomic mass is 16.4. The van der Waals surface area contributed by atoms with Crippen molar-refractivity contribution in [2.24, 2.45) is 7.05 Å². The van der Waals surface area contributed by atoms with E-state index in [9.17, 15) is 0 Å². The second-order valence-corrected chi connectivity index (χ2v) is 2.92. The zero-order valence-electron chi connectivity index (χ0n) is 7.77. The number of hydrogen-bond donors (Lipinski definition) is 0. The predicted octanol–water partition coefficient (Wildman–Crippen LogP) is 1.09. The molecule has 0 aromatic carbocycles. The van der Waals surface area contributed by atoms with Gasteiger partial charge in [0.1, 0.15) is 5.69 Å². The van der Waals surface area contributed by atoms with Gasteiger partial charge in [-0.05, 0) is 13.0 Å². The molecular weight excluding hydrogens is 168 g/mol. The summed E-state index contributed by atoms with van der Waals surface area (Å²) in [6.07, 6.45) is 0. The standard InChI is InChI=1S/C8H10N4O/c1-5-4-7(11-12(5)3)8-10-9-6(2)13-8/h4H,1-3H3. The summed E-state index contributed by atoms with van der Waals surface area (Å²) in [4.78, 5) is 0. The molecule has 0 saturated heterocycles. The second-order valence-electron chi connectivity index (χ2n) is 2.92. The molecule has 13 heavy (non-hydrogen) atoms. The Morgan fingerprint density at radius 3 is 2.54 bits per heavy atom. The first-order chi connectivity index (χ1) is 6.16. The van der Waals surface area contributed by atoms with E-state index in [0.717, 1.165) is 11.4 Å². The van der Waals surface area contributed by atoms with E-state index in [0.29, 0.717) is 11.8 Å². The minimum Gasteiger partial charge on any atom is -0.420 e. The van der Waals surface area contributed by atoms with Crippen molar-refractivity contribution < 1.29 is 4.42 Å². The Labute approximate surface area is 75.4 Å². The Morgan fingerprint density at radius 1 is 1.31 bits per heavy atom. The van der Waals surface area contributed by atoms with Crippen molar-refractivity contribution in [2.75, 3.05) is 0 Å². The van der Waals surface area contributed by atoms with Crippen LogP contribution in [0.4, 0.5) is 0 Å². The van der Waals surface area contributed by atoms with Crippen LogP contribution in [0, 0.1) is 13.8 Å². The number of hydrogen-bond acceptors (Lipinski definition) is 4. The number of rotatable bonds is 1. The molecule has 0 amide bonds. The fourth-order valence-corrected chi connectivity index (χ4v) is 1.07. The third-order valence-corrected chi connectivity index (χ3v) is 1.86. The molecule has 0 aliphatic heterocycles. The van der Waals surface area contributed by atoms with Gasteiger partial charge in [0.15, 0.2) is 0 Å². The van der Waals surface area contributed by atoms with E-state index in [4.69, 9.17) is 4.42 Å². The summed E-state index contributed by atoms with van der Waals surface area (Å²) in [6, 6.07) is 1.91. The Bertz CT molecular complexity index is 410. The molecular formula is C8H10N4O. The molecule has 0 atom stereocenters. The lowest BCUT2D eigenvalue weighted by Crippen LogP contribution is -1.92. The lowest BCUT2D eigenvalue weighted by atomic mass is 10.4. The van der Waals surface area contributed by atoms with Gasteiger partial charge in [0.2, 0.25) is 5.89 Å². The van der Waals surface area contributed by atoms with Crippen LogP contribution >= 0.6 is 0 Å². The zero-order chi connectivity index (χ0) is 9.42. The molecule has 0 N–H and O–H groups in total. The molecule has 0 bridgehead atoms. The highest BCUT2D eigenvalue weighted by Gasteiger charge is 2.09. The minimum atomic E-state index is 0.473. The summed E-state index contributed by atoms with van der Waals surface area (Å²) in [7, 11) is 1.88. The van der Waals surface area contributed by atoms with E-state index in [-0.39, 0.29) is 0 Å². The summed E-state index contributed by atoms with van der Waals surface area (Å²) in [6.45, 7) is 3.73. The van der Waals surface area contributed by atoms with Crippen molar-refractivity contribution in [3.05, 3.63) is 17.7 Å². The quantitative estimate of drug-likeness (QED) is 0.655. The van der Waals surface area contributed by atoms with Gasteiger partial charge in [0, 0.05) is 19.7 Å². The fraction of sp³-hybridized carbons (Fsp3) is 0.375. The van der Waals surface area contributed by atoms with E-state index in [1.807, 2.05) is 20.0 Å². The number of nitrogens with zero attached hydrogens (tertiary/aromatic N) is 4. The molecule has 2 heterocycles. The van der Waals surface area contributed by atoms with Crippen molar-refractivity contribution >= 4 is 0 Å². The molecule has 2 aromatic rings. The van der Waals surface area contributed by atoms with Gasteiger partial charge in [-0.3, -0.25) is 4.68 Å². The van der Waals surface area contributed by atoms with Crippen molar-refractivity contribution in [3.63, 3.8) is 0 Å². The molecule has 2 rings (SSSR count). The summed E-state index contributed by atoms with van der Waals surface area (Å²) >= 11 is 0. The summed E-state index contributed by atoms with van der Waals surface area (Å²) in [5, 5.41) is 11.8.